The first-order chi connectivity index (χ1) is 4.27. The molecule has 6 heteroatoms. The highest BCUT2D eigenvalue weighted by Crippen LogP contribution is 1.46. The number of hydrazone groups is 1. The summed E-state index contributed by atoms with van der Waals surface area (Å²) in [7, 11) is 0. The van der Waals surface area contributed by atoms with Crippen molar-refractivity contribution >= 4 is 5.84 Å². The molecule has 0 spiro atoms. The number of rotatable bonds is 0. The fourth-order valence-electron chi connectivity index (χ4n) is 0. The zero-order valence-corrected chi connectivity index (χ0v) is 5.28. The minimum Gasteiger partial charge on any atom is -0.386 e. The highest BCUT2D eigenvalue weighted by molar-refractivity contribution is 5.76. The molecule has 0 heterocycles. The minimum atomic E-state index is 0.407. The summed E-state index contributed by atoms with van der Waals surface area (Å²) in [5.41, 5.74) is 4.92. The van der Waals surface area contributed by atoms with Crippen molar-refractivity contribution < 1.29 is 0 Å². The fourth-order valence-corrected chi connectivity index (χ4v) is 0. The standard InChI is InChI=1S/C2H7N3.CHN.H4N2/c1-2(3)5-4;2*1-2/h4H2,1H3,(H2,3,5);1H;1-2H2. The summed E-state index contributed by atoms with van der Waals surface area (Å²) in [4.78, 5) is 0. The van der Waals surface area contributed by atoms with Gasteiger partial charge < -0.3 is 11.6 Å². The molecule has 0 saturated carbocycles. The van der Waals surface area contributed by atoms with E-state index in [0.29, 0.717) is 5.84 Å². The van der Waals surface area contributed by atoms with Crippen molar-refractivity contribution in [2.24, 2.45) is 28.4 Å². The molecule has 0 atom stereocenters. The number of hydrogen-bond acceptors (Lipinski definition) is 5. The maximum absolute atomic E-state index is 6.50. The van der Waals surface area contributed by atoms with Crippen LogP contribution in [-0.2, 0) is 0 Å². The zero-order valence-electron chi connectivity index (χ0n) is 5.28. The van der Waals surface area contributed by atoms with Gasteiger partial charge in [-0.3, -0.25) is 11.7 Å². The van der Waals surface area contributed by atoms with Crippen LogP contribution in [0, 0.1) is 11.8 Å². The number of nitrogens with two attached hydrogens (primary N) is 4. The fraction of sp³-hybridized carbons (Fsp3) is 0.333. The summed E-state index contributed by atoms with van der Waals surface area (Å²) in [6.07, 6.45) is 0. The molecule has 0 radical (unpaired) electrons. The number of nitriles is 1. The summed E-state index contributed by atoms with van der Waals surface area (Å²) < 4.78 is 0. The van der Waals surface area contributed by atoms with Crippen molar-refractivity contribution in [1.82, 2.24) is 0 Å². The summed E-state index contributed by atoms with van der Waals surface area (Å²) >= 11 is 0. The predicted octanol–water partition coefficient (Wildman–Crippen LogP) is -1.80. The Kier molecular flexibility index (Phi) is 52.2. The molecule has 0 aliphatic heterocycles. The summed E-state index contributed by atoms with van der Waals surface area (Å²) in [6, 6.07) is 0. The van der Waals surface area contributed by atoms with Crippen LogP contribution in [0.1, 0.15) is 6.92 Å². The van der Waals surface area contributed by atoms with Crippen LogP contribution in [0.2, 0.25) is 0 Å². The van der Waals surface area contributed by atoms with Gasteiger partial charge in [0.2, 0.25) is 0 Å². The molecule has 0 aliphatic rings. The van der Waals surface area contributed by atoms with Gasteiger partial charge in [-0.25, -0.2) is 5.26 Å². The quantitative estimate of drug-likeness (QED) is 0.133. The van der Waals surface area contributed by atoms with Crippen LogP contribution < -0.4 is 23.3 Å². The van der Waals surface area contributed by atoms with Gasteiger partial charge in [-0.1, -0.05) is 0 Å². The highest BCUT2D eigenvalue weighted by atomic mass is 15.1. The molecule has 0 aliphatic carbocycles. The van der Waals surface area contributed by atoms with Crippen LogP contribution in [-0.4, -0.2) is 5.84 Å². The van der Waals surface area contributed by atoms with Crippen molar-refractivity contribution in [3.05, 3.63) is 0 Å². The van der Waals surface area contributed by atoms with E-state index >= 15 is 0 Å². The number of nitrogens with zero attached hydrogens (tertiary/aromatic N) is 2. The molecule has 0 saturated heterocycles. The average Bonchev–Trinajstić information content (AvgIpc) is 1.97. The molecule has 9 heavy (non-hydrogen) atoms. The van der Waals surface area contributed by atoms with Gasteiger partial charge in [-0.2, -0.15) is 5.10 Å². The number of hydrazine groups is 1. The van der Waals surface area contributed by atoms with Crippen molar-refractivity contribution in [2.75, 3.05) is 0 Å². The van der Waals surface area contributed by atoms with E-state index < -0.39 is 0 Å². The van der Waals surface area contributed by atoms with Crippen LogP contribution in [0.15, 0.2) is 5.10 Å². The van der Waals surface area contributed by atoms with Gasteiger partial charge in [0, 0.05) is 6.57 Å². The van der Waals surface area contributed by atoms with Crippen LogP contribution in [0.25, 0.3) is 0 Å². The van der Waals surface area contributed by atoms with Crippen molar-refractivity contribution in [2.45, 2.75) is 6.92 Å². The molecule has 8 N–H and O–H groups in total. The Balaban J connectivity index is -0.0000000771. The van der Waals surface area contributed by atoms with Gasteiger partial charge in [0.15, 0.2) is 0 Å². The van der Waals surface area contributed by atoms with Gasteiger partial charge in [-0.05, 0) is 6.92 Å². The van der Waals surface area contributed by atoms with E-state index in [2.05, 4.69) is 29.2 Å². The van der Waals surface area contributed by atoms with Gasteiger partial charge >= 0.3 is 0 Å². The SMILES string of the molecule is C#N.C/C(N)=N/N.NN. The number of hydrogen-bond donors (Lipinski definition) is 4. The van der Waals surface area contributed by atoms with Gasteiger partial charge in [0.1, 0.15) is 5.84 Å². The molecule has 0 aromatic heterocycles. The lowest BCUT2D eigenvalue weighted by molar-refractivity contribution is 1.22. The molecule has 0 aromatic carbocycles. The van der Waals surface area contributed by atoms with Crippen LogP contribution in [0.3, 0.4) is 0 Å². The maximum atomic E-state index is 6.50. The van der Waals surface area contributed by atoms with E-state index in [1.54, 1.807) is 6.92 Å². The average molecular weight is 132 g/mol. The van der Waals surface area contributed by atoms with Gasteiger partial charge in [-0.15, -0.1) is 0 Å². The Morgan fingerprint density at radius 3 is 1.56 bits per heavy atom. The topological polar surface area (TPSA) is 140 Å². The van der Waals surface area contributed by atoms with E-state index in [0.717, 1.165) is 0 Å². The summed E-state index contributed by atoms with van der Waals surface area (Å²) in [6.45, 7) is 5.12. The molecule has 0 bridgehead atoms. The molecule has 0 fully saturated rings. The predicted molar refractivity (Wildman–Crippen MR) is 36.5 cm³/mol. The van der Waals surface area contributed by atoms with Crippen LogP contribution >= 0.6 is 0 Å². The minimum absolute atomic E-state index is 0.407. The first kappa shape index (κ1) is 15.6. The zero-order chi connectivity index (χ0) is 8.28. The third kappa shape index (κ3) is 316. The lowest BCUT2D eigenvalue weighted by atomic mass is 10.7. The van der Waals surface area contributed by atoms with Crippen molar-refractivity contribution in [3.63, 3.8) is 0 Å². The molecule has 0 unspecified atom stereocenters. The van der Waals surface area contributed by atoms with Crippen LogP contribution in [0.5, 0.6) is 0 Å². The largest absolute Gasteiger partial charge is 0.386 e. The van der Waals surface area contributed by atoms with E-state index in [4.69, 9.17) is 11.0 Å². The third-order valence-electron chi connectivity index (χ3n) is 0.204. The van der Waals surface area contributed by atoms with E-state index in [1.807, 2.05) is 0 Å². The lowest BCUT2D eigenvalue weighted by Crippen LogP contribution is -2.07. The number of amidine groups is 1. The molecular formula is C3H12N6. The smallest absolute Gasteiger partial charge is 0.116 e. The first-order valence-electron chi connectivity index (χ1n) is 1.86. The second-order valence-corrected chi connectivity index (χ2v) is 0.770. The maximum Gasteiger partial charge on any atom is 0.116 e. The molecular weight excluding hydrogens is 120 g/mol. The summed E-state index contributed by atoms with van der Waals surface area (Å²) in [5, 5.41) is 9.58. The van der Waals surface area contributed by atoms with Gasteiger partial charge in [0.05, 0.1) is 0 Å². The highest BCUT2D eigenvalue weighted by Gasteiger charge is 1.62. The molecule has 6 nitrogen and oxygen atoms in total. The summed E-state index contributed by atoms with van der Waals surface area (Å²) in [5.74, 6) is 13.0. The van der Waals surface area contributed by atoms with E-state index in [-0.39, 0.29) is 0 Å². The van der Waals surface area contributed by atoms with Crippen molar-refractivity contribution in [3.8, 4) is 6.57 Å². The Bertz CT molecular complexity index is 69.6. The molecule has 0 rings (SSSR count). The Hall–Kier alpha value is -1.32. The third-order valence-corrected chi connectivity index (χ3v) is 0.204. The van der Waals surface area contributed by atoms with Crippen molar-refractivity contribution in [1.29, 1.82) is 5.26 Å². The monoisotopic (exact) mass is 132 g/mol. The van der Waals surface area contributed by atoms with E-state index in [9.17, 15) is 0 Å². The Morgan fingerprint density at radius 2 is 1.56 bits per heavy atom. The van der Waals surface area contributed by atoms with Gasteiger partial charge in [0.25, 0.3) is 0 Å². The molecule has 0 amide bonds. The first-order valence-corrected chi connectivity index (χ1v) is 1.86. The molecule has 54 valence electrons. The van der Waals surface area contributed by atoms with Crippen LogP contribution in [0.4, 0.5) is 0 Å². The normalized spacial score (nSPS) is 7.44. The van der Waals surface area contributed by atoms with E-state index in [1.165, 1.54) is 0 Å². The Labute approximate surface area is 54.1 Å². The Morgan fingerprint density at radius 1 is 1.44 bits per heavy atom. The molecule has 0 aromatic rings. The second-order valence-electron chi connectivity index (χ2n) is 0.770. The lowest BCUT2D eigenvalue weighted by Gasteiger charge is -1.75. The second kappa shape index (κ2) is 30.0.